The Hall–Kier alpha value is -3.43. The SMILES string of the molecule is C=CCn1c(CC(=O)Nc2ccccc2Cl)nnc1SCc1nc2ccccc2c(=O)[nH]1. The molecule has 162 valence electrons. The van der Waals surface area contributed by atoms with Crippen LogP contribution in [0.25, 0.3) is 10.9 Å². The summed E-state index contributed by atoms with van der Waals surface area (Å²) >= 11 is 7.48. The van der Waals surface area contributed by atoms with Crippen molar-refractivity contribution in [1.82, 2.24) is 24.7 Å². The van der Waals surface area contributed by atoms with Crippen LogP contribution in [0.3, 0.4) is 0 Å². The van der Waals surface area contributed by atoms with Crippen molar-refractivity contribution in [3.63, 3.8) is 0 Å². The van der Waals surface area contributed by atoms with E-state index in [1.165, 1.54) is 11.8 Å². The number of hydrogen-bond donors (Lipinski definition) is 2. The van der Waals surface area contributed by atoms with E-state index < -0.39 is 0 Å². The van der Waals surface area contributed by atoms with Gasteiger partial charge in [-0.3, -0.25) is 9.59 Å². The number of benzene rings is 2. The first kappa shape index (κ1) is 21.8. The Labute approximate surface area is 192 Å². The standard InChI is InChI=1S/C22H19ClN6O2S/c1-2-11-29-19(12-20(30)25-17-10-6-4-8-15(17)23)27-28-22(29)32-13-18-24-16-9-5-3-7-14(16)21(31)26-18/h2-10H,1,11-13H2,(H,25,30)(H,24,26,31). The Morgan fingerprint density at radius 1 is 1.19 bits per heavy atom. The number of aromatic nitrogens is 5. The highest BCUT2D eigenvalue weighted by Crippen LogP contribution is 2.23. The maximum Gasteiger partial charge on any atom is 0.258 e. The van der Waals surface area contributed by atoms with Crippen molar-refractivity contribution in [3.8, 4) is 0 Å². The first-order valence-electron chi connectivity index (χ1n) is 9.73. The molecular formula is C22H19ClN6O2S. The Morgan fingerprint density at radius 3 is 2.78 bits per heavy atom. The first-order valence-corrected chi connectivity index (χ1v) is 11.1. The molecule has 4 aromatic rings. The third-order valence-corrected chi connectivity index (χ3v) is 5.88. The van der Waals surface area contributed by atoms with E-state index in [4.69, 9.17) is 11.6 Å². The zero-order chi connectivity index (χ0) is 22.5. The van der Waals surface area contributed by atoms with Crippen LogP contribution in [0, 0.1) is 0 Å². The fraction of sp³-hybridized carbons (Fsp3) is 0.136. The molecule has 0 aliphatic carbocycles. The number of amides is 1. The Bertz CT molecular complexity index is 1350. The number of nitrogens with one attached hydrogen (secondary N) is 2. The lowest BCUT2D eigenvalue weighted by Gasteiger charge is -2.09. The van der Waals surface area contributed by atoms with Gasteiger partial charge in [0.05, 0.1) is 33.8 Å². The summed E-state index contributed by atoms with van der Waals surface area (Å²) in [6.07, 6.45) is 1.73. The van der Waals surface area contributed by atoms with Gasteiger partial charge in [-0.2, -0.15) is 0 Å². The highest BCUT2D eigenvalue weighted by Gasteiger charge is 2.16. The van der Waals surface area contributed by atoms with E-state index in [-0.39, 0.29) is 17.9 Å². The second-order valence-electron chi connectivity index (χ2n) is 6.82. The average Bonchev–Trinajstić information content (AvgIpc) is 3.15. The van der Waals surface area contributed by atoms with Gasteiger partial charge in [0.1, 0.15) is 11.6 Å². The molecule has 10 heteroatoms. The third kappa shape index (κ3) is 4.90. The number of carbonyl (C=O) groups is 1. The van der Waals surface area contributed by atoms with Gasteiger partial charge >= 0.3 is 0 Å². The molecule has 0 radical (unpaired) electrons. The normalized spacial score (nSPS) is 10.9. The lowest BCUT2D eigenvalue weighted by atomic mass is 10.2. The van der Waals surface area contributed by atoms with Gasteiger partial charge in [0.25, 0.3) is 5.56 Å². The number of halogens is 1. The van der Waals surface area contributed by atoms with Gasteiger partial charge in [-0.1, -0.05) is 53.7 Å². The molecule has 0 saturated heterocycles. The molecule has 0 unspecified atom stereocenters. The molecule has 2 aromatic heterocycles. The summed E-state index contributed by atoms with van der Waals surface area (Å²) in [7, 11) is 0. The topological polar surface area (TPSA) is 106 Å². The van der Waals surface area contributed by atoms with Crippen LogP contribution in [-0.2, 0) is 23.5 Å². The first-order chi connectivity index (χ1) is 15.5. The van der Waals surface area contributed by atoms with Crippen LogP contribution in [0.5, 0.6) is 0 Å². The van der Waals surface area contributed by atoms with E-state index >= 15 is 0 Å². The van der Waals surface area contributed by atoms with Crippen molar-refractivity contribution in [1.29, 1.82) is 0 Å². The third-order valence-electron chi connectivity index (χ3n) is 4.57. The van der Waals surface area contributed by atoms with E-state index in [0.29, 0.717) is 50.7 Å². The number of allylic oxidation sites excluding steroid dienone is 1. The maximum absolute atomic E-state index is 12.5. The summed E-state index contributed by atoms with van der Waals surface area (Å²) in [6, 6.07) is 14.2. The summed E-state index contributed by atoms with van der Waals surface area (Å²) in [6.45, 7) is 4.21. The monoisotopic (exact) mass is 466 g/mol. The zero-order valence-electron chi connectivity index (χ0n) is 16.9. The summed E-state index contributed by atoms with van der Waals surface area (Å²) in [5, 5.41) is 12.8. The van der Waals surface area contributed by atoms with Gasteiger partial charge in [-0.15, -0.1) is 16.8 Å². The molecule has 0 atom stereocenters. The van der Waals surface area contributed by atoms with Crippen LogP contribution >= 0.6 is 23.4 Å². The highest BCUT2D eigenvalue weighted by atomic mass is 35.5. The lowest BCUT2D eigenvalue weighted by molar-refractivity contribution is -0.115. The molecule has 0 aliphatic rings. The van der Waals surface area contributed by atoms with Gasteiger partial charge in [-0.05, 0) is 24.3 Å². The minimum Gasteiger partial charge on any atom is -0.324 e. The van der Waals surface area contributed by atoms with Crippen molar-refractivity contribution in [2.75, 3.05) is 5.32 Å². The number of anilines is 1. The minimum absolute atomic E-state index is 0.0255. The van der Waals surface area contributed by atoms with Crippen molar-refractivity contribution in [3.05, 3.63) is 88.2 Å². The number of thioether (sulfide) groups is 1. The minimum atomic E-state index is -0.257. The molecule has 2 aromatic carbocycles. The van der Waals surface area contributed by atoms with Gasteiger partial charge < -0.3 is 14.9 Å². The number of carbonyl (C=O) groups excluding carboxylic acids is 1. The molecule has 1 amide bonds. The van der Waals surface area contributed by atoms with Crippen LogP contribution in [0.2, 0.25) is 5.02 Å². The van der Waals surface area contributed by atoms with Gasteiger partial charge in [0, 0.05) is 6.54 Å². The number of rotatable bonds is 8. The molecular weight excluding hydrogens is 448 g/mol. The van der Waals surface area contributed by atoms with E-state index in [2.05, 4.69) is 32.1 Å². The summed E-state index contributed by atoms with van der Waals surface area (Å²) in [5.41, 5.74) is 0.988. The maximum atomic E-state index is 12.5. The van der Waals surface area contributed by atoms with Crippen LogP contribution in [-0.4, -0.2) is 30.6 Å². The van der Waals surface area contributed by atoms with E-state index in [1.807, 2.05) is 10.6 Å². The van der Waals surface area contributed by atoms with Crippen molar-refractivity contribution in [2.45, 2.75) is 23.9 Å². The molecule has 4 rings (SSSR count). The Kier molecular flexibility index (Phi) is 6.67. The molecule has 2 N–H and O–H groups in total. The summed E-state index contributed by atoms with van der Waals surface area (Å²) in [4.78, 5) is 32.1. The van der Waals surface area contributed by atoms with E-state index in [9.17, 15) is 9.59 Å². The summed E-state index contributed by atoms with van der Waals surface area (Å²) in [5.74, 6) is 1.16. The fourth-order valence-electron chi connectivity index (χ4n) is 3.11. The molecule has 0 fully saturated rings. The highest BCUT2D eigenvalue weighted by molar-refractivity contribution is 7.98. The average molecular weight is 467 g/mol. The molecule has 0 saturated carbocycles. The zero-order valence-corrected chi connectivity index (χ0v) is 18.5. The predicted octanol–water partition coefficient (Wildman–Crippen LogP) is 3.83. The van der Waals surface area contributed by atoms with E-state index in [1.54, 1.807) is 48.5 Å². The molecule has 0 bridgehead atoms. The van der Waals surface area contributed by atoms with Crippen molar-refractivity contribution in [2.24, 2.45) is 0 Å². The Balaban J connectivity index is 1.49. The molecule has 32 heavy (non-hydrogen) atoms. The fourth-order valence-corrected chi connectivity index (χ4v) is 4.13. The molecule has 0 aliphatic heterocycles. The lowest BCUT2D eigenvalue weighted by Crippen LogP contribution is -2.18. The summed E-state index contributed by atoms with van der Waals surface area (Å²) < 4.78 is 1.81. The second kappa shape index (κ2) is 9.80. The smallest absolute Gasteiger partial charge is 0.258 e. The van der Waals surface area contributed by atoms with Crippen LogP contribution in [0.15, 0.2) is 71.1 Å². The number of H-pyrrole nitrogens is 1. The number of aromatic amines is 1. The molecule has 0 spiro atoms. The quantitative estimate of drug-likeness (QED) is 0.302. The second-order valence-corrected chi connectivity index (χ2v) is 8.17. The van der Waals surface area contributed by atoms with Gasteiger partial charge in [0.15, 0.2) is 5.16 Å². The van der Waals surface area contributed by atoms with Crippen molar-refractivity contribution >= 4 is 45.9 Å². The number of fused-ring (bicyclic) bond motifs is 1. The molecule has 2 heterocycles. The van der Waals surface area contributed by atoms with Crippen LogP contribution in [0.1, 0.15) is 11.6 Å². The Morgan fingerprint density at radius 2 is 1.97 bits per heavy atom. The van der Waals surface area contributed by atoms with Gasteiger partial charge in [0.2, 0.25) is 5.91 Å². The van der Waals surface area contributed by atoms with Crippen LogP contribution < -0.4 is 10.9 Å². The largest absolute Gasteiger partial charge is 0.324 e. The van der Waals surface area contributed by atoms with Crippen LogP contribution in [0.4, 0.5) is 5.69 Å². The number of nitrogens with zero attached hydrogens (tertiary/aromatic N) is 4. The molecule has 8 nitrogen and oxygen atoms in total. The number of hydrogen-bond acceptors (Lipinski definition) is 6. The van der Waals surface area contributed by atoms with Gasteiger partial charge in [-0.25, -0.2) is 4.98 Å². The van der Waals surface area contributed by atoms with E-state index in [0.717, 1.165) is 0 Å². The van der Waals surface area contributed by atoms with Crippen molar-refractivity contribution < 1.29 is 4.79 Å². The predicted molar refractivity (Wildman–Crippen MR) is 126 cm³/mol. The number of para-hydroxylation sites is 2.